The maximum atomic E-state index is 13.0. The predicted molar refractivity (Wildman–Crippen MR) is 111 cm³/mol. The summed E-state index contributed by atoms with van der Waals surface area (Å²) in [6, 6.07) is 13.0. The molecular weight excluding hydrogens is 366 g/mol. The number of nitrogens with one attached hydrogen (secondary N) is 1. The molecule has 0 aromatic heterocycles. The molecule has 0 spiro atoms. The van der Waals surface area contributed by atoms with Crippen molar-refractivity contribution in [3.05, 3.63) is 70.3 Å². The average molecular weight is 393 g/mol. The van der Waals surface area contributed by atoms with E-state index in [4.69, 9.17) is 0 Å². The van der Waals surface area contributed by atoms with Gasteiger partial charge < -0.3 is 10.2 Å². The van der Waals surface area contributed by atoms with Crippen molar-refractivity contribution in [2.75, 3.05) is 13.6 Å². The number of rotatable bonds is 5. The van der Waals surface area contributed by atoms with E-state index in [9.17, 15) is 14.4 Å². The number of carbonyl (C=O) groups excluding carboxylic acids is 3. The SMILES string of the molecule is Cc1ccc([C@]2(C)NC(=O)N(CC(=O)N(C)Cc3ccc(C)cc3C)C2=O)cc1. The number of nitrogens with zero attached hydrogens (tertiary/aromatic N) is 2. The lowest BCUT2D eigenvalue weighted by atomic mass is 9.91. The molecule has 0 aliphatic carbocycles. The van der Waals surface area contributed by atoms with E-state index in [2.05, 4.69) is 11.4 Å². The van der Waals surface area contributed by atoms with Gasteiger partial charge in [-0.25, -0.2) is 4.79 Å². The quantitative estimate of drug-likeness (QED) is 0.794. The Labute approximate surface area is 171 Å². The molecular formula is C23H27N3O3. The van der Waals surface area contributed by atoms with Gasteiger partial charge in [0.15, 0.2) is 0 Å². The highest BCUT2D eigenvalue weighted by molar-refractivity contribution is 6.09. The molecule has 1 heterocycles. The molecule has 1 aliphatic rings. The Morgan fingerprint density at radius 3 is 2.28 bits per heavy atom. The average Bonchev–Trinajstić information content (AvgIpc) is 2.88. The lowest BCUT2D eigenvalue weighted by Crippen LogP contribution is -2.43. The van der Waals surface area contributed by atoms with E-state index in [-0.39, 0.29) is 12.5 Å². The van der Waals surface area contributed by atoms with Crippen molar-refractivity contribution >= 4 is 17.8 Å². The van der Waals surface area contributed by atoms with Gasteiger partial charge in [-0.05, 0) is 44.4 Å². The largest absolute Gasteiger partial charge is 0.340 e. The van der Waals surface area contributed by atoms with Crippen LogP contribution in [0.15, 0.2) is 42.5 Å². The Morgan fingerprint density at radius 1 is 1.03 bits per heavy atom. The van der Waals surface area contributed by atoms with Crippen molar-refractivity contribution in [2.24, 2.45) is 0 Å². The molecule has 3 rings (SSSR count). The Bertz CT molecular complexity index is 968. The molecule has 152 valence electrons. The summed E-state index contributed by atoms with van der Waals surface area (Å²) >= 11 is 0. The molecule has 0 unspecified atom stereocenters. The maximum Gasteiger partial charge on any atom is 0.325 e. The lowest BCUT2D eigenvalue weighted by molar-refractivity contribution is -0.138. The van der Waals surface area contributed by atoms with Gasteiger partial charge >= 0.3 is 6.03 Å². The molecule has 2 aromatic carbocycles. The molecule has 1 saturated heterocycles. The van der Waals surface area contributed by atoms with Crippen LogP contribution in [0.1, 0.15) is 34.7 Å². The first kappa shape index (κ1) is 20.6. The van der Waals surface area contributed by atoms with Gasteiger partial charge in [-0.1, -0.05) is 53.6 Å². The van der Waals surface area contributed by atoms with E-state index in [1.165, 1.54) is 0 Å². The van der Waals surface area contributed by atoms with Gasteiger partial charge in [0, 0.05) is 13.6 Å². The number of imide groups is 1. The minimum atomic E-state index is -1.17. The summed E-state index contributed by atoms with van der Waals surface area (Å²) in [4.78, 5) is 40.7. The van der Waals surface area contributed by atoms with Crippen molar-refractivity contribution in [1.29, 1.82) is 0 Å². The predicted octanol–water partition coefficient (Wildman–Crippen LogP) is 3.04. The molecule has 1 N–H and O–H groups in total. The maximum absolute atomic E-state index is 13.0. The molecule has 29 heavy (non-hydrogen) atoms. The van der Waals surface area contributed by atoms with Crippen LogP contribution in [0, 0.1) is 20.8 Å². The number of hydrogen-bond donors (Lipinski definition) is 1. The number of carbonyl (C=O) groups is 3. The summed E-state index contributed by atoms with van der Waals surface area (Å²) in [5.74, 6) is -0.707. The minimum Gasteiger partial charge on any atom is -0.340 e. The van der Waals surface area contributed by atoms with Crippen LogP contribution in [0.3, 0.4) is 0 Å². The number of aryl methyl sites for hydroxylation is 3. The Hall–Kier alpha value is -3.15. The Balaban J connectivity index is 1.72. The second-order valence-electron chi connectivity index (χ2n) is 7.99. The fraction of sp³-hybridized carbons (Fsp3) is 0.348. The van der Waals surface area contributed by atoms with Gasteiger partial charge in [0.1, 0.15) is 12.1 Å². The van der Waals surface area contributed by atoms with Crippen molar-refractivity contribution in [2.45, 2.75) is 39.8 Å². The van der Waals surface area contributed by atoms with Crippen LogP contribution < -0.4 is 5.32 Å². The normalized spacial score (nSPS) is 18.7. The third-order valence-electron chi connectivity index (χ3n) is 5.53. The standard InChI is InChI=1S/C23H27N3O3/c1-15-7-10-19(11-8-15)23(4)21(28)26(22(29)24-23)14-20(27)25(5)13-18-9-6-16(2)12-17(18)3/h6-12H,13-14H2,1-5H3,(H,24,29)/t23-/m0/s1. The van der Waals surface area contributed by atoms with E-state index >= 15 is 0 Å². The minimum absolute atomic E-state index is 0.284. The highest BCUT2D eigenvalue weighted by Gasteiger charge is 2.49. The summed E-state index contributed by atoms with van der Waals surface area (Å²) in [6.45, 7) is 7.79. The first-order valence-electron chi connectivity index (χ1n) is 9.63. The van der Waals surface area contributed by atoms with Gasteiger partial charge in [0.05, 0.1) is 0 Å². The van der Waals surface area contributed by atoms with Crippen LogP contribution in [-0.2, 0) is 21.7 Å². The molecule has 1 atom stereocenters. The molecule has 0 bridgehead atoms. The fourth-order valence-corrected chi connectivity index (χ4v) is 3.55. The molecule has 2 aromatic rings. The zero-order valence-corrected chi connectivity index (χ0v) is 17.6. The summed E-state index contributed by atoms with van der Waals surface area (Å²) in [5.41, 5.74) is 3.89. The molecule has 1 aliphatic heterocycles. The summed E-state index contributed by atoms with van der Waals surface area (Å²) < 4.78 is 0. The fourth-order valence-electron chi connectivity index (χ4n) is 3.55. The van der Waals surface area contributed by atoms with Crippen molar-refractivity contribution in [1.82, 2.24) is 15.1 Å². The Kier molecular flexibility index (Phi) is 5.46. The van der Waals surface area contributed by atoms with Crippen molar-refractivity contribution < 1.29 is 14.4 Å². The first-order valence-corrected chi connectivity index (χ1v) is 9.63. The summed E-state index contributed by atoms with van der Waals surface area (Å²) in [6.07, 6.45) is 0. The molecule has 0 saturated carbocycles. The van der Waals surface area contributed by atoms with Gasteiger partial charge in [-0.2, -0.15) is 0 Å². The monoisotopic (exact) mass is 393 g/mol. The number of hydrogen-bond acceptors (Lipinski definition) is 3. The first-order chi connectivity index (χ1) is 13.6. The molecule has 6 heteroatoms. The van der Waals surface area contributed by atoms with Gasteiger partial charge in [-0.15, -0.1) is 0 Å². The Morgan fingerprint density at radius 2 is 1.66 bits per heavy atom. The summed E-state index contributed by atoms with van der Waals surface area (Å²) in [5, 5.41) is 2.74. The third-order valence-corrected chi connectivity index (χ3v) is 5.53. The lowest BCUT2D eigenvalue weighted by Gasteiger charge is -2.23. The van der Waals surface area contributed by atoms with Crippen LogP contribution in [0.5, 0.6) is 0 Å². The van der Waals surface area contributed by atoms with Gasteiger partial charge in [0.25, 0.3) is 5.91 Å². The van der Waals surface area contributed by atoms with Crippen molar-refractivity contribution in [3.8, 4) is 0 Å². The van der Waals surface area contributed by atoms with E-state index in [1.807, 2.05) is 57.2 Å². The van der Waals surface area contributed by atoms with Crippen molar-refractivity contribution in [3.63, 3.8) is 0 Å². The molecule has 0 radical (unpaired) electrons. The number of benzene rings is 2. The van der Waals surface area contributed by atoms with Gasteiger partial charge in [0.2, 0.25) is 5.91 Å². The van der Waals surface area contributed by atoms with E-state index in [0.29, 0.717) is 12.1 Å². The zero-order chi connectivity index (χ0) is 21.3. The second kappa shape index (κ2) is 7.70. The molecule has 1 fully saturated rings. The zero-order valence-electron chi connectivity index (χ0n) is 17.6. The second-order valence-corrected chi connectivity index (χ2v) is 7.99. The number of urea groups is 1. The number of likely N-dealkylation sites (N-methyl/N-ethyl adjacent to an activating group) is 1. The van der Waals surface area contributed by atoms with Crippen LogP contribution in [0.25, 0.3) is 0 Å². The third kappa shape index (κ3) is 4.01. The van der Waals surface area contributed by atoms with E-state index < -0.39 is 17.5 Å². The molecule has 4 amide bonds. The van der Waals surface area contributed by atoms with Gasteiger partial charge in [-0.3, -0.25) is 14.5 Å². The van der Waals surface area contributed by atoms with Crippen LogP contribution >= 0.6 is 0 Å². The smallest absolute Gasteiger partial charge is 0.325 e. The number of amides is 4. The highest BCUT2D eigenvalue weighted by atomic mass is 16.2. The van der Waals surface area contributed by atoms with Crippen LogP contribution in [0.4, 0.5) is 4.79 Å². The summed E-state index contributed by atoms with van der Waals surface area (Å²) in [7, 11) is 1.68. The molecule has 6 nitrogen and oxygen atoms in total. The highest BCUT2D eigenvalue weighted by Crippen LogP contribution is 2.29. The van der Waals surface area contributed by atoms with E-state index in [0.717, 1.165) is 27.2 Å². The van der Waals surface area contributed by atoms with Crippen LogP contribution in [-0.4, -0.2) is 41.2 Å². The topological polar surface area (TPSA) is 69.7 Å². The van der Waals surface area contributed by atoms with E-state index in [1.54, 1.807) is 18.9 Å². The van der Waals surface area contributed by atoms with Crippen LogP contribution in [0.2, 0.25) is 0 Å².